The molecule has 1 aromatic heterocycles. The highest BCUT2D eigenvalue weighted by Crippen LogP contribution is 2.27. The van der Waals surface area contributed by atoms with Crippen LogP contribution in [0.15, 0.2) is 11.6 Å². The van der Waals surface area contributed by atoms with E-state index in [2.05, 4.69) is 22.2 Å². The van der Waals surface area contributed by atoms with Gasteiger partial charge >= 0.3 is 0 Å². The first-order valence-electron chi connectivity index (χ1n) is 5.64. The first kappa shape index (κ1) is 11.0. The largest absolute Gasteiger partial charge is 0.330 e. The minimum Gasteiger partial charge on any atom is -0.330 e. The predicted octanol–water partition coefficient (Wildman–Crippen LogP) is 1.87. The van der Waals surface area contributed by atoms with Gasteiger partial charge < -0.3 is 5.73 Å². The van der Waals surface area contributed by atoms with Crippen LogP contribution in [0, 0.1) is 5.92 Å². The van der Waals surface area contributed by atoms with Gasteiger partial charge in [0.25, 0.3) is 0 Å². The maximum atomic E-state index is 5.74. The minimum absolute atomic E-state index is 0.458. The van der Waals surface area contributed by atoms with Crippen LogP contribution in [0.5, 0.6) is 0 Å². The molecule has 4 heteroatoms. The maximum Gasteiger partial charge on any atom is 0.109 e. The number of hydrogen-bond acceptors (Lipinski definition) is 4. The molecule has 0 radical (unpaired) electrons. The Morgan fingerprint density at radius 1 is 1.73 bits per heavy atom. The standard InChI is InChI=1S/C11H19N3S/c1-9(11-13-4-6-15-11)14-5-2-3-10(7-12)8-14/h4,6,9-10H,2-3,5,7-8,12H2,1H3/t9-,10+/m0/s1. The van der Waals surface area contributed by atoms with E-state index in [4.69, 9.17) is 5.73 Å². The molecule has 0 bridgehead atoms. The van der Waals surface area contributed by atoms with Crippen LogP contribution in [-0.4, -0.2) is 29.5 Å². The number of thiazole rings is 1. The normalized spacial score (nSPS) is 25.3. The van der Waals surface area contributed by atoms with Crippen LogP contribution in [0.3, 0.4) is 0 Å². The van der Waals surface area contributed by atoms with Crippen molar-refractivity contribution in [1.29, 1.82) is 0 Å². The van der Waals surface area contributed by atoms with Crippen LogP contribution >= 0.6 is 11.3 Å². The molecule has 0 spiro atoms. The van der Waals surface area contributed by atoms with Crippen LogP contribution in [0.2, 0.25) is 0 Å². The zero-order valence-corrected chi connectivity index (χ0v) is 10.0. The summed E-state index contributed by atoms with van der Waals surface area (Å²) in [5.74, 6) is 0.682. The number of nitrogens with two attached hydrogens (primary N) is 1. The zero-order valence-electron chi connectivity index (χ0n) is 9.22. The Hall–Kier alpha value is -0.450. The van der Waals surface area contributed by atoms with Crippen molar-refractivity contribution in [3.05, 3.63) is 16.6 Å². The summed E-state index contributed by atoms with van der Waals surface area (Å²) in [5, 5.41) is 3.28. The fourth-order valence-corrected chi connectivity index (χ4v) is 2.97. The molecule has 2 N–H and O–H groups in total. The molecule has 15 heavy (non-hydrogen) atoms. The van der Waals surface area contributed by atoms with E-state index in [1.54, 1.807) is 11.3 Å². The Labute approximate surface area is 95.3 Å². The molecule has 1 aliphatic rings. The monoisotopic (exact) mass is 225 g/mol. The van der Waals surface area contributed by atoms with Crippen molar-refractivity contribution >= 4 is 11.3 Å². The number of likely N-dealkylation sites (tertiary alicyclic amines) is 1. The maximum absolute atomic E-state index is 5.74. The van der Waals surface area contributed by atoms with E-state index in [0.29, 0.717) is 12.0 Å². The van der Waals surface area contributed by atoms with E-state index in [9.17, 15) is 0 Å². The molecule has 2 heterocycles. The van der Waals surface area contributed by atoms with Crippen LogP contribution < -0.4 is 5.73 Å². The third kappa shape index (κ3) is 2.56. The highest BCUT2D eigenvalue weighted by molar-refractivity contribution is 7.09. The Morgan fingerprint density at radius 2 is 2.60 bits per heavy atom. The summed E-state index contributed by atoms with van der Waals surface area (Å²) in [4.78, 5) is 6.90. The molecule has 0 saturated carbocycles. The molecule has 0 aliphatic carbocycles. The van der Waals surface area contributed by atoms with E-state index in [1.165, 1.54) is 24.4 Å². The van der Waals surface area contributed by atoms with E-state index in [0.717, 1.165) is 13.1 Å². The van der Waals surface area contributed by atoms with Crippen molar-refractivity contribution in [2.24, 2.45) is 11.7 Å². The van der Waals surface area contributed by atoms with Crippen LogP contribution in [0.4, 0.5) is 0 Å². The van der Waals surface area contributed by atoms with Crippen LogP contribution in [0.1, 0.15) is 30.8 Å². The second-order valence-corrected chi connectivity index (χ2v) is 5.21. The number of aromatic nitrogens is 1. The third-order valence-corrected chi connectivity index (χ3v) is 4.19. The van der Waals surface area contributed by atoms with Crippen molar-refractivity contribution in [2.45, 2.75) is 25.8 Å². The van der Waals surface area contributed by atoms with Gasteiger partial charge in [-0.1, -0.05) is 0 Å². The summed E-state index contributed by atoms with van der Waals surface area (Å²) < 4.78 is 0. The number of nitrogens with zero attached hydrogens (tertiary/aromatic N) is 2. The molecule has 1 saturated heterocycles. The lowest BCUT2D eigenvalue weighted by Crippen LogP contribution is -2.39. The van der Waals surface area contributed by atoms with E-state index in [1.807, 2.05) is 6.20 Å². The van der Waals surface area contributed by atoms with Crippen LogP contribution in [0.25, 0.3) is 0 Å². The molecule has 1 aliphatic heterocycles. The third-order valence-electron chi connectivity index (χ3n) is 3.24. The molecule has 0 unspecified atom stereocenters. The van der Waals surface area contributed by atoms with Crippen molar-refractivity contribution in [3.63, 3.8) is 0 Å². The molecule has 3 nitrogen and oxygen atoms in total. The minimum atomic E-state index is 0.458. The Bertz CT molecular complexity index is 286. The first-order chi connectivity index (χ1) is 7.31. The lowest BCUT2D eigenvalue weighted by atomic mass is 9.97. The second kappa shape index (κ2) is 5.05. The number of hydrogen-bond donors (Lipinski definition) is 1. The van der Waals surface area contributed by atoms with Gasteiger partial charge in [-0.3, -0.25) is 4.90 Å². The van der Waals surface area contributed by atoms with Gasteiger partial charge in [0.1, 0.15) is 5.01 Å². The van der Waals surface area contributed by atoms with Gasteiger partial charge in [0.05, 0.1) is 6.04 Å². The van der Waals surface area contributed by atoms with Gasteiger partial charge in [0.15, 0.2) is 0 Å². The van der Waals surface area contributed by atoms with E-state index < -0.39 is 0 Å². The summed E-state index contributed by atoms with van der Waals surface area (Å²) in [6.07, 6.45) is 4.45. The Morgan fingerprint density at radius 3 is 3.27 bits per heavy atom. The predicted molar refractivity (Wildman–Crippen MR) is 63.9 cm³/mol. The topological polar surface area (TPSA) is 42.2 Å². The Kier molecular flexibility index (Phi) is 3.72. The average molecular weight is 225 g/mol. The zero-order chi connectivity index (χ0) is 10.7. The highest BCUT2D eigenvalue weighted by atomic mass is 32.1. The van der Waals surface area contributed by atoms with Crippen molar-refractivity contribution in [2.75, 3.05) is 19.6 Å². The molecule has 1 fully saturated rings. The fraction of sp³-hybridized carbons (Fsp3) is 0.727. The fourth-order valence-electron chi connectivity index (χ4n) is 2.24. The summed E-state index contributed by atoms with van der Waals surface area (Å²) in [6.45, 7) is 5.40. The lowest BCUT2D eigenvalue weighted by molar-refractivity contribution is 0.134. The summed E-state index contributed by atoms with van der Waals surface area (Å²) in [6, 6.07) is 0.458. The highest BCUT2D eigenvalue weighted by Gasteiger charge is 2.24. The second-order valence-electron chi connectivity index (χ2n) is 4.29. The molecular weight excluding hydrogens is 206 g/mol. The quantitative estimate of drug-likeness (QED) is 0.854. The van der Waals surface area contributed by atoms with Gasteiger partial charge in [0.2, 0.25) is 0 Å². The number of piperidine rings is 1. The summed E-state index contributed by atoms with van der Waals surface area (Å²) in [7, 11) is 0. The van der Waals surface area contributed by atoms with Gasteiger partial charge in [-0.2, -0.15) is 0 Å². The van der Waals surface area contributed by atoms with Crippen molar-refractivity contribution in [3.8, 4) is 0 Å². The average Bonchev–Trinajstić information content (AvgIpc) is 2.81. The smallest absolute Gasteiger partial charge is 0.109 e. The first-order valence-corrected chi connectivity index (χ1v) is 6.52. The molecule has 1 aromatic rings. The lowest BCUT2D eigenvalue weighted by Gasteiger charge is -2.35. The molecule has 0 amide bonds. The van der Waals surface area contributed by atoms with Crippen molar-refractivity contribution < 1.29 is 0 Å². The van der Waals surface area contributed by atoms with Crippen LogP contribution in [-0.2, 0) is 0 Å². The molecule has 84 valence electrons. The Balaban J connectivity index is 1.98. The summed E-state index contributed by atoms with van der Waals surface area (Å²) >= 11 is 1.75. The van der Waals surface area contributed by atoms with Gasteiger partial charge in [-0.05, 0) is 38.8 Å². The molecular formula is C11H19N3S. The number of rotatable bonds is 3. The summed E-state index contributed by atoms with van der Waals surface area (Å²) in [5.41, 5.74) is 5.74. The molecule has 0 aromatic carbocycles. The molecule has 2 atom stereocenters. The van der Waals surface area contributed by atoms with E-state index >= 15 is 0 Å². The van der Waals surface area contributed by atoms with Gasteiger partial charge in [-0.25, -0.2) is 4.98 Å². The van der Waals surface area contributed by atoms with E-state index in [-0.39, 0.29) is 0 Å². The van der Waals surface area contributed by atoms with Gasteiger partial charge in [-0.15, -0.1) is 11.3 Å². The molecule has 2 rings (SSSR count). The SMILES string of the molecule is C[C@@H](c1nccs1)N1CCC[C@H](CN)C1. The van der Waals surface area contributed by atoms with Crippen molar-refractivity contribution in [1.82, 2.24) is 9.88 Å². The van der Waals surface area contributed by atoms with Gasteiger partial charge in [0, 0.05) is 18.1 Å².